The lowest BCUT2D eigenvalue weighted by Crippen LogP contribution is -2.44. The van der Waals surface area contributed by atoms with Crippen molar-refractivity contribution >= 4 is 53.1 Å². The summed E-state index contributed by atoms with van der Waals surface area (Å²) in [6.07, 6.45) is -0.770. The predicted molar refractivity (Wildman–Crippen MR) is 114 cm³/mol. The van der Waals surface area contributed by atoms with Gasteiger partial charge in [0.25, 0.3) is 0 Å². The second-order valence-corrected chi connectivity index (χ2v) is 6.02. The second-order valence-electron chi connectivity index (χ2n) is 5.24. The Hall–Kier alpha value is -0.480. The van der Waals surface area contributed by atoms with E-state index in [1.54, 1.807) is 25.3 Å². The molecule has 0 aliphatic heterocycles. The van der Waals surface area contributed by atoms with Crippen LogP contribution in [0.4, 0.5) is 0 Å². The number of methoxy groups -OCH3 is 1. The van der Waals surface area contributed by atoms with E-state index in [2.05, 4.69) is 15.6 Å². The van der Waals surface area contributed by atoms with Gasteiger partial charge < -0.3 is 25.2 Å². The number of halogens is 3. The molecule has 0 radical (unpaired) electrons. The molecule has 6 nitrogen and oxygen atoms in total. The van der Waals surface area contributed by atoms with E-state index in [-0.39, 0.29) is 43.2 Å². The number of ether oxygens (including phenoxy) is 2. The maximum absolute atomic E-state index is 10.0. The standard InChI is InChI=1S/C16H25Cl2N3O3.HI/c1-4-19-16(21-11(2)9-23-3)20-8-12(22)10-24-14-7-5-6-13(17)15(14)18;/h5-7,11-12,22H,4,8-10H2,1-3H3,(H2,19,20,21);1H. The molecule has 0 fully saturated rings. The number of hydrogen-bond donors (Lipinski definition) is 3. The van der Waals surface area contributed by atoms with E-state index in [1.165, 1.54) is 0 Å². The molecule has 0 saturated heterocycles. The van der Waals surface area contributed by atoms with Crippen molar-refractivity contribution in [3.05, 3.63) is 28.2 Å². The van der Waals surface area contributed by atoms with Crippen LogP contribution in [0.5, 0.6) is 5.75 Å². The molecule has 2 unspecified atom stereocenters. The van der Waals surface area contributed by atoms with E-state index < -0.39 is 6.10 Å². The van der Waals surface area contributed by atoms with Gasteiger partial charge in [-0.25, -0.2) is 0 Å². The van der Waals surface area contributed by atoms with Gasteiger partial charge in [0.15, 0.2) is 5.96 Å². The first-order valence-corrected chi connectivity index (χ1v) is 8.52. The highest BCUT2D eigenvalue weighted by atomic mass is 127. The van der Waals surface area contributed by atoms with Crippen LogP contribution in [0.25, 0.3) is 0 Å². The topological polar surface area (TPSA) is 75.1 Å². The summed E-state index contributed by atoms with van der Waals surface area (Å²) in [4.78, 5) is 4.34. The van der Waals surface area contributed by atoms with Crippen molar-refractivity contribution in [1.82, 2.24) is 10.6 Å². The quantitative estimate of drug-likeness (QED) is 0.273. The maximum Gasteiger partial charge on any atom is 0.191 e. The van der Waals surface area contributed by atoms with Gasteiger partial charge in [0, 0.05) is 19.7 Å². The molecular formula is C16H26Cl2IN3O3. The van der Waals surface area contributed by atoms with E-state index in [1.807, 2.05) is 13.8 Å². The molecule has 1 aromatic rings. The molecule has 0 bridgehead atoms. The average molecular weight is 506 g/mol. The Kier molecular flexibility index (Phi) is 13.4. The number of nitrogens with zero attached hydrogens (tertiary/aromatic N) is 1. The zero-order valence-electron chi connectivity index (χ0n) is 14.6. The summed E-state index contributed by atoms with van der Waals surface area (Å²) in [5, 5.41) is 17.1. The summed E-state index contributed by atoms with van der Waals surface area (Å²) >= 11 is 12.0. The molecule has 1 rings (SSSR count). The van der Waals surface area contributed by atoms with Crippen molar-refractivity contribution < 1.29 is 14.6 Å². The highest BCUT2D eigenvalue weighted by molar-refractivity contribution is 14.0. The summed E-state index contributed by atoms with van der Waals surface area (Å²) in [6, 6.07) is 5.21. The van der Waals surface area contributed by atoms with Crippen molar-refractivity contribution in [3.63, 3.8) is 0 Å². The molecular weight excluding hydrogens is 480 g/mol. The molecule has 1 aromatic carbocycles. The van der Waals surface area contributed by atoms with Crippen LogP contribution in [0.3, 0.4) is 0 Å². The Bertz CT molecular complexity index is 535. The number of aliphatic imine (C=N–C) groups is 1. The molecule has 0 amide bonds. The molecule has 0 aliphatic carbocycles. The lowest BCUT2D eigenvalue weighted by Gasteiger charge is -2.18. The van der Waals surface area contributed by atoms with Crippen LogP contribution in [-0.4, -0.2) is 56.6 Å². The van der Waals surface area contributed by atoms with Gasteiger partial charge in [-0.2, -0.15) is 0 Å². The average Bonchev–Trinajstić information content (AvgIpc) is 2.54. The molecule has 0 aromatic heterocycles. The largest absolute Gasteiger partial charge is 0.489 e. The van der Waals surface area contributed by atoms with E-state index in [4.69, 9.17) is 32.7 Å². The number of nitrogens with one attached hydrogen (secondary N) is 2. The van der Waals surface area contributed by atoms with Gasteiger partial charge in [0.1, 0.15) is 23.5 Å². The number of benzene rings is 1. The Labute approximate surface area is 176 Å². The normalized spacial score (nSPS) is 13.6. The zero-order chi connectivity index (χ0) is 17.9. The minimum absolute atomic E-state index is 0. The van der Waals surface area contributed by atoms with Crippen molar-refractivity contribution in [1.29, 1.82) is 0 Å². The van der Waals surface area contributed by atoms with Crippen LogP contribution in [0.1, 0.15) is 13.8 Å². The van der Waals surface area contributed by atoms with Gasteiger partial charge in [-0.05, 0) is 26.0 Å². The highest BCUT2D eigenvalue weighted by Gasteiger charge is 2.10. The fourth-order valence-electron chi connectivity index (χ4n) is 1.88. The number of hydrogen-bond acceptors (Lipinski definition) is 4. The Morgan fingerprint density at radius 3 is 2.68 bits per heavy atom. The predicted octanol–water partition coefficient (Wildman–Crippen LogP) is 2.94. The van der Waals surface area contributed by atoms with E-state index in [9.17, 15) is 5.11 Å². The fraction of sp³-hybridized carbons (Fsp3) is 0.562. The SMILES string of the molecule is CCNC(=NCC(O)COc1cccc(Cl)c1Cl)NC(C)COC.I. The Balaban J connectivity index is 0.00000576. The summed E-state index contributed by atoms with van der Waals surface area (Å²) in [6.45, 7) is 5.49. The van der Waals surface area contributed by atoms with Crippen molar-refractivity contribution in [3.8, 4) is 5.75 Å². The van der Waals surface area contributed by atoms with Crippen molar-refractivity contribution in [2.75, 3.05) is 33.4 Å². The lowest BCUT2D eigenvalue weighted by atomic mass is 10.3. The van der Waals surface area contributed by atoms with Crippen LogP contribution in [0.2, 0.25) is 10.0 Å². The van der Waals surface area contributed by atoms with Crippen LogP contribution < -0.4 is 15.4 Å². The third-order valence-electron chi connectivity index (χ3n) is 2.95. The highest BCUT2D eigenvalue weighted by Crippen LogP contribution is 2.31. The number of aliphatic hydroxyl groups is 1. The van der Waals surface area contributed by atoms with E-state index in [0.29, 0.717) is 28.4 Å². The van der Waals surface area contributed by atoms with Gasteiger partial charge in [-0.3, -0.25) is 4.99 Å². The Morgan fingerprint density at radius 2 is 2.04 bits per heavy atom. The summed E-state index contributed by atoms with van der Waals surface area (Å²) in [5.74, 6) is 1.05. The first-order valence-electron chi connectivity index (χ1n) is 7.76. The number of rotatable bonds is 9. The summed E-state index contributed by atoms with van der Waals surface area (Å²) in [5.41, 5.74) is 0. The number of aliphatic hydroxyl groups excluding tert-OH is 1. The smallest absolute Gasteiger partial charge is 0.191 e. The molecule has 9 heteroatoms. The molecule has 144 valence electrons. The minimum Gasteiger partial charge on any atom is -0.489 e. The molecule has 0 heterocycles. The van der Waals surface area contributed by atoms with Crippen LogP contribution in [0.15, 0.2) is 23.2 Å². The third kappa shape index (κ3) is 9.69. The van der Waals surface area contributed by atoms with Gasteiger partial charge in [0.2, 0.25) is 0 Å². The van der Waals surface area contributed by atoms with Gasteiger partial charge in [-0.15, -0.1) is 24.0 Å². The summed E-state index contributed by atoms with van der Waals surface area (Å²) in [7, 11) is 1.64. The van der Waals surface area contributed by atoms with E-state index in [0.717, 1.165) is 6.54 Å². The summed E-state index contributed by atoms with van der Waals surface area (Å²) < 4.78 is 10.6. The zero-order valence-corrected chi connectivity index (χ0v) is 18.4. The minimum atomic E-state index is -0.770. The second kappa shape index (κ2) is 13.7. The van der Waals surface area contributed by atoms with Gasteiger partial charge in [-0.1, -0.05) is 29.3 Å². The van der Waals surface area contributed by atoms with Crippen LogP contribution in [-0.2, 0) is 4.74 Å². The third-order valence-corrected chi connectivity index (χ3v) is 3.75. The molecule has 25 heavy (non-hydrogen) atoms. The molecule has 2 atom stereocenters. The first kappa shape index (κ1) is 24.5. The fourth-order valence-corrected chi connectivity index (χ4v) is 2.22. The first-order chi connectivity index (χ1) is 11.5. The van der Waals surface area contributed by atoms with E-state index >= 15 is 0 Å². The Morgan fingerprint density at radius 1 is 1.32 bits per heavy atom. The van der Waals surface area contributed by atoms with Gasteiger partial charge in [0.05, 0.1) is 18.2 Å². The maximum atomic E-state index is 10.0. The van der Waals surface area contributed by atoms with Crippen LogP contribution in [0, 0.1) is 0 Å². The van der Waals surface area contributed by atoms with Crippen LogP contribution >= 0.6 is 47.2 Å². The monoisotopic (exact) mass is 505 g/mol. The van der Waals surface area contributed by atoms with Crippen molar-refractivity contribution in [2.45, 2.75) is 26.0 Å². The van der Waals surface area contributed by atoms with Gasteiger partial charge >= 0.3 is 0 Å². The van der Waals surface area contributed by atoms with Crippen molar-refractivity contribution in [2.24, 2.45) is 4.99 Å². The number of guanidine groups is 1. The molecule has 0 spiro atoms. The molecule has 0 saturated carbocycles. The molecule has 0 aliphatic rings. The molecule has 3 N–H and O–H groups in total. The lowest BCUT2D eigenvalue weighted by molar-refractivity contribution is 0.114.